The fraction of sp³-hybridized carbons (Fsp3) is 0.750. The Morgan fingerprint density at radius 2 is 2.08 bits per heavy atom. The van der Waals surface area contributed by atoms with Gasteiger partial charge in [0.25, 0.3) is 0 Å². The molecular formula is C16H20N2O6. The molecule has 0 bridgehead atoms. The number of carboxylic acids is 1. The van der Waals surface area contributed by atoms with Gasteiger partial charge in [-0.15, -0.1) is 0 Å². The average molecular weight is 336 g/mol. The van der Waals surface area contributed by atoms with Gasteiger partial charge in [0.15, 0.2) is 5.78 Å². The van der Waals surface area contributed by atoms with Gasteiger partial charge >= 0.3 is 5.97 Å². The van der Waals surface area contributed by atoms with E-state index in [4.69, 9.17) is 4.74 Å². The highest BCUT2D eigenvalue weighted by molar-refractivity contribution is 6.18. The summed E-state index contributed by atoms with van der Waals surface area (Å²) >= 11 is 0. The summed E-state index contributed by atoms with van der Waals surface area (Å²) in [6.45, 7) is 0. The SMILES string of the molecule is O=C(O)C1=CN2C3CCC([N+](=O)[O-])CC3OC3CCCC(C1=O)C32. The number of hydrogen-bond donors (Lipinski definition) is 1. The van der Waals surface area contributed by atoms with Gasteiger partial charge in [0.2, 0.25) is 6.04 Å². The lowest BCUT2D eigenvalue weighted by Gasteiger charge is -2.56. The Balaban J connectivity index is 1.69. The van der Waals surface area contributed by atoms with Crippen LogP contribution in [0.4, 0.5) is 0 Å². The lowest BCUT2D eigenvalue weighted by atomic mass is 9.72. The maximum absolute atomic E-state index is 12.5. The number of carboxylic acid groups (broad SMARTS) is 1. The topological polar surface area (TPSA) is 110 Å². The Labute approximate surface area is 138 Å². The summed E-state index contributed by atoms with van der Waals surface area (Å²) in [6, 6.07) is -0.801. The van der Waals surface area contributed by atoms with Gasteiger partial charge in [0, 0.05) is 29.9 Å². The Bertz CT molecular complexity index is 632. The molecule has 130 valence electrons. The number of Topliss-reactive ketones (excluding diaryl/α,β-unsaturated/α-hetero) is 1. The molecule has 1 saturated heterocycles. The van der Waals surface area contributed by atoms with Crippen molar-refractivity contribution in [2.75, 3.05) is 0 Å². The van der Waals surface area contributed by atoms with Gasteiger partial charge in [-0.05, 0) is 25.7 Å². The molecule has 8 heteroatoms. The van der Waals surface area contributed by atoms with E-state index in [-0.39, 0.29) is 46.5 Å². The summed E-state index contributed by atoms with van der Waals surface area (Å²) in [5.74, 6) is -1.83. The zero-order valence-electron chi connectivity index (χ0n) is 13.2. The van der Waals surface area contributed by atoms with Crippen molar-refractivity contribution in [2.45, 2.75) is 68.9 Å². The van der Waals surface area contributed by atoms with E-state index < -0.39 is 12.0 Å². The molecule has 0 aromatic heterocycles. The van der Waals surface area contributed by atoms with Crippen LogP contribution in [0.2, 0.25) is 0 Å². The minimum absolute atomic E-state index is 0.0782. The molecule has 0 spiro atoms. The van der Waals surface area contributed by atoms with Crippen LogP contribution in [0.5, 0.6) is 0 Å². The van der Waals surface area contributed by atoms with Crippen molar-refractivity contribution in [3.05, 3.63) is 21.9 Å². The van der Waals surface area contributed by atoms with Gasteiger partial charge in [-0.1, -0.05) is 0 Å². The fourth-order valence-corrected chi connectivity index (χ4v) is 4.95. The third-order valence-corrected chi connectivity index (χ3v) is 6.01. The second-order valence-corrected chi connectivity index (χ2v) is 7.22. The number of nitro groups is 1. The summed E-state index contributed by atoms with van der Waals surface area (Å²) in [5.41, 5.74) is -0.158. The van der Waals surface area contributed by atoms with Crippen LogP contribution in [0.15, 0.2) is 11.8 Å². The van der Waals surface area contributed by atoms with E-state index in [2.05, 4.69) is 0 Å². The van der Waals surface area contributed by atoms with E-state index in [1.807, 2.05) is 4.90 Å². The van der Waals surface area contributed by atoms with Crippen molar-refractivity contribution in [3.8, 4) is 0 Å². The highest BCUT2D eigenvalue weighted by atomic mass is 16.6. The van der Waals surface area contributed by atoms with Crippen LogP contribution >= 0.6 is 0 Å². The highest BCUT2D eigenvalue weighted by Crippen LogP contribution is 2.44. The number of hydrogen-bond acceptors (Lipinski definition) is 6. The lowest BCUT2D eigenvalue weighted by Crippen LogP contribution is -2.66. The Morgan fingerprint density at radius 3 is 2.79 bits per heavy atom. The first-order valence-corrected chi connectivity index (χ1v) is 8.53. The third kappa shape index (κ3) is 2.23. The Kier molecular flexibility index (Phi) is 3.59. The van der Waals surface area contributed by atoms with Gasteiger partial charge < -0.3 is 14.7 Å². The van der Waals surface area contributed by atoms with Crippen LogP contribution in [0.1, 0.15) is 38.5 Å². The van der Waals surface area contributed by atoms with Gasteiger partial charge in [-0.3, -0.25) is 14.9 Å². The Hall–Kier alpha value is -1.96. The molecule has 1 N–H and O–H groups in total. The van der Waals surface area contributed by atoms with Crippen LogP contribution < -0.4 is 0 Å². The summed E-state index contributed by atoms with van der Waals surface area (Å²) in [4.78, 5) is 36.9. The van der Waals surface area contributed by atoms with Gasteiger partial charge in [0.05, 0.1) is 24.3 Å². The van der Waals surface area contributed by atoms with E-state index >= 15 is 0 Å². The zero-order valence-corrected chi connectivity index (χ0v) is 13.2. The third-order valence-electron chi connectivity index (χ3n) is 6.01. The molecule has 2 heterocycles. The molecule has 2 aliphatic heterocycles. The van der Waals surface area contributed by atoms with Crippen LogP contribution in [0, 0.1) is 16.0 Å². The van der Waals surface area contributed by atoms with Crippen molar-refractivity contribution in [2.24, 2.45) is 5.92 Å². The molecule has 2 aliphatic carbocycles. The molecule has 4 aliphatic rings. The zero-order chi connectivity index (χ0) is 17.0. The van der Waals surface area contributed by atoms with Crippen molar-refractivity contribution in [1.82, 2.24) is 4.90 Å². The summed E-state index contributed by atoms with van der Waals surface area (Å²) in [6.07, 6.45) is 4.77. The smallest absolute Gasteiger partial charge is 0.340 e. The second-order valence-electron chi connectivity index (χ2n) is 7.22. The number of carbonyl (C=O) groups is 2. The summed E-state index contributed by atoms with van der Waals surface area (Å²) in [7, 11) is 0. The number of ether oxygens (including phenoxy) is 1. The summed E-state index contributed by atoms with van der Waals surface area (Å²) < 4.78 is 6.18. The van der Waals surface area contributed by atoms with Crippen LogP contribution in [-0.4, -0.2) is 57.0 Å². The lowest BCUT2D eigenvalue weighted by molar-refractivity contribution is -0.530. The van der Waals surface area contributed by atoms with Crippen LogP contribution in [-0.2, 0) is 14.3 Å². The quantitative estimate of drug-likeness (QED) is 0.454. The first kappa shape index (κ1) is 15.6. The molecule has 6 atom stereocenters. The van der Waals surface area contributed by atoms with Crippen molar-refractivity contribution in [1.29, 1.82) is 0 Å². The van der Waals surface area contributed by atoms with Crippen LogP contribution in [0.3, 0.4) is 0 Å². The number of nitrogens with zero attached hydrogens (tertiary/aromatic N) is 2. The number of fused-ring (bicyclic) bond motifs is 2. The fourth-order valence-electron chi connectivity index (χ4n) is 4.95. The molecule has 0 aromatic carbocycles. The van der Waals surface area contributed by atoms with Gasteiger partial charge in [0.1, 0.15) is 5.57 Å². The summed E-state index contributed by atoms with van der Waals surface area (Å²) in [5, 5.41) is 20.5. The molecule has 2 saturated carbocycles. The maximum Gasteiger partial charge on any atom is 0.340 e. The molecule has 0 radical (unpaired) electrons. The predicted molar refractivity (Wildman–Crippen MR) is 80.8 cm³/mol. The van der Waals surface area contributed by atoms with E-state index in [9.17, 15) is 24.8 Å². The highest BCUT2D eigenvalue weighted by Gasteiger charge is 2.54. The van der Waals surface area contributed by atoms with Crippen molar-refractivity contribution >= 4 is 11.8 Å². The largest absolute Gasteiger partial charge is 0.478 e. The number of morpholine rings is 1. The van der Waals surface area contributed by atoms with Crippen molar-refractivity contribution < 1.29 is 24.4 Å². The first-order valence-electron chi connectivity index (χ1n) is 8.53. The molecule has 24 heavy (non-hydrogen) atoms. The monoisotopic (exact) mass is 336 g/mol. The molecule has 6 unspecified atom stereocenters. The molecule has 0 amide bonds. The average Bonchev–Trinajstić information content (AvgIpc) is 2.56. The maximum atomic E-state index is 12.5. The van der Waals surface area contributed by atoms with Crippen molar-refractivity contribution in [3.63, 3.8) is 0 Å². The van der Waals surface area contributed by atoms with Gasteiger partial charge in [-0.2, -0.15) is 0 Å². The number of carbonyl (C=O) groups excluding carboxylic acids is 1. The number of aliphatic carboxylic acids is 1. The Morgan fingerprint density at radius 1 is 1.29 bits per heavy atom. The second kappa shape index (κ2) is 5.54. The minimum atomic E-state index is -1.19. The number of rotatable bonds is 2. The molecule has 8 nitrogen and oxygen atoms in total. The molecular weight excluding hydrogens is 316 g/mol. The predicted octanol–water partition coefficient (Wildman–Crippen LogP) is 0.973. The van der Waals surface area contributed by atoms with E-state index in [0.29, 0.717) is 25.7 Å². The van der Waals surface area contributed by atoms with E-state index in [0.717, 1.165) is 12.8 Å². The van der Waals surface area contributed by atoms with Gasteiger partial charge in [-0.25, -0.2) is 4.79 Å². The van der Waals surface area contributed by atoms with E-state index in [1.54, 1.807) is 0 Å². The molecule has 3 fully saturated rings. The van der Waals surface area contributed by atoms with E-state index in [1.165, 1.54) is 6.20 Å². The normalized spacial score (nSPS) is 41.1. The number of ketones is 1. The van der Waals surface area contributed by atoms with Crippen LogP contribution in [0.25, 0.3) is 0 Å². The first-order chi connectivity index (χ1) is 11.5. The molecule has 0 aromatic rings. The standard InChI is InChI=1S/C16H20N2O6/c19-15-9-2-1-3-12-14(9)17(7-10(15)16(20)21)11-5-4-8(18(22)23)6-13(11)24-12/h7-9,11-14H,1-6H2,(H,20,21). The minimum Gasteiger partial charge on any atom is -0.478 e. The molecule has 4 rings (SSSR count).